The van der Waals surface area contributed by atoms with Gasteiger partial charge in [0.1, 0.15) is 6.10 Å². The van der Waals surface area contributed by atoms with Crippen LogP contribution in [0.2, 0.25) is 0 Å². The maximum atomic E-state index is 12.1. The van der Waals surface area contributed by atoms with Gasteiger partial charge in [0.25, 0.3) is 5.91 Å². The summed E-state index contributed by atoms with van der Waals surface area (Å²) >= 11 is 0. The van der Waals surface area contributed by atoms with Gasteiger partial charge in [0.2, 0.25) is 10.0 Å². The first-order valence-corrected chi connectivity index (χ1v) is 8.61. The Kier molecular flexibility index (Phi) is 6.81. The summed E-state index contributed by atoms with van der Waals surface area (Å²) < 4.78 is 66.8. The van der Waals surface area contributed by atoms with Gasteiger partial charge in [-0.15, -0.1) is 0 Å². The predicted molar refractivity (Wildman–Crippen MR) is 74.7 cm³/mol. The summed E-state index contributed by atoms with van der Waals surface area (Å²) in [5.41, 5.74) is 0. The van der Waals surface area contributed by atoms with Gasteiger partial charge < -0.3 is 4.74 Å². The Labute approximate surface area is 133 Å². The van der Waals surface area contributed by atoms with Crippen LogP contribution in [0.5, 0.6) is 0 Å². The molecule has 23 heavy (non-hydrogen) atoms. The van der Waals surface area contributed by atoms with Crippen LogP contribution < -0.4 is 4.72 Å². The summed E-state index contributed by atoms with van der Waals surface area (Å²) in [6.07, 6.45) is -6.88. The van der Waals surface area contributed by atoms with E-state index >= 15 is 0 Å². The van der Waals surface area contributed by atoms with E-state index in [0.29, 0.717) is 6.42 Å². The number of carbonyl (C=O) groups excluding carboxylic acids is 1. The Morgan fingerprint density at radius 1 is 1.43 bits per heavy atom. The first-order valence-electron chi connectivity index (χ1n) is 6.96. The number of hydroxylamine groups is 2. The molecule has 1 fully saturated rings. The molecule has 1 amide bonds. The molecule has 1 aliphatic heterocycles. The third-order valence-electron chi connectivity index (χ3n) is 3.50. The molecule has 7 nitrogen and oxygen atoms in total. The van der Waals surface area contributed by atoms with Crippen molar-refractivity contribution in [3.63, 3.8) is 0 Å². The second-order valence-electron chi connectivity index (χ2n) is 5.44. The molecule has 1 N–H and O–H groups in total. The zero-order valence-electron chi connectivity index (χ0n) is 13.1. The summed E-state index contributed by atoms with van der Waals surface area (Å²) in [4.78, 5) is 16.7. The average molecular weight is 362 g/mol. The molecule has 0 bridgehead atoms. The molecule has 3 atom stereocenters. The van der Waals surface area contributed by atoms with Crippen molar-refractivity contribution in [2.45, 2.75) is 38.1 Å². The Bertz CT molecular complexity index is 511. The Morgan fingerprint density at radius 2 is 2.04 bits per heavy atom. The molecule has 0 saturated carbocycles. The summed E-state index contributed by atoms with van der Waals surface area (Å²) in [6.45, 7) is 1.59. The van der Waals surface area contributed by atoms with E-state index in [9.17, 15) is 26.4 Å². The molecule has 0 spiro atoms. The van der Waals surface area contributed by atoms with Crippen molar-refractivity contribution in [2.75, 3.05) is 26.5 Å². The summed E-state index contributed by atoms with van der Waals surface area (Å²) in [5.74, 6) is -1.60. The SMILES string of the molecule is CON(C)C(=O)[C@@H]1O[C@H](CNS(=O)(=O)CCC(F)(F)F)C[C@@H]1C. The number of ether oxygens (including phenoxy) is 1. The maximum Gasteiger partial charge on any atom is 0.390 e. The number of hydrogen-bond donors (Lipinski definition) is 1. The van der Waals surface area contributed by atoms with E-state index in [1.807, 2.05) is 0 Å². The van der Waals surface area contributed by atoms with Crippen molar-refractivity contribution in [3.05, 3.63) is 0 Å². The summed E-state index contributed by atoms with van der Waals surface area (Å²) in [6, 6.07) is 0. The van der Waals surface area contributed by atoms with E-state index in [1.54, 1.807) is 6.92 Å². The lowest BCUT2D eigenvalue weighted by Crippen LogP contribution is -2.39. The molecule has 1 rings (SSSR count). The largest absolute Gasteiger partial charge is 0.390 e. The van der Waals surface area contributed by atoms with Crippen molar-refractivity contribution in [3.8, 4) is 0 Å². The smallest absolute Gasteiger partial charge is 0.363 e. The van der Waals surface area contributed by atoms with Gasteiger partial charge in [0.05, 0.1) is 25.4 Å². The number of nitrogens with zero attached hydrogens (tertiary/aromatic N) is 1. The van der Waals surface area contributed by atoms with Crippen LogP contribution in [0.3, 0.4) is 0 Å². The molecule has 0 aromatic rings. The Morgan fingerprint density at radius 3 is 2.57 bits per heavy atom. The molecule has 1 aliphatic rings. The monoisotopic (exact) mass is 362 g/mol. The fourth-order valence-electron chi connectivity index (χ4n) is 2.18. The molecule has 136 valence electrons. The lowest BCUT2D eigenvalue weighted by Gasteiger charge is -2.20. The first kappa shape index (κ1) is 20.1. The van der Waals surface area contributed by atoms with Crippen molar-refractivity contribution >= 4 is 15.9 Å². The zero-order chi connectivity index (χ0) is 17.8. The van der Waals surface area contributed by atoms with Crippen LogP contribution in [0.25, 0.3) is 0 Å². The zero-order valence-corrected chi connectivity index (χ0v) is 13.9. The fourth-order valence-corrected chi connectivity index (χ4v) is 3.26. The van der Waals surface area contributed by atoms with Gasteiger partial charge in [0.15, 0.2) is 0 Å². The highest BCUT2D eigenvalue weighted by Gasteiger charge is 2.39. The molecule has 0 aromatic carbocycles. The van der Waals surface area contributed by atoms with Gasteiger partial charge in [-0.2, -0.15) is 13.2 Å². The molecule has 1 saturated heterocycles. The number of rotatable bonds is 7. The third-order valence-corrected chi connectivity index (χ3v) is 4.85. The molecule has 0 aromatic heterocycles. The number of halogens is 3. The van der Waals surface area contributed by atoms with E-state index in [2.05, 4.69) is 4.72 Å². The Balaban J connectivity index is 2.49. The van der Waals surface area contributed by atoms with E-state index in [-0.39, 0.29) is 12.5 Å². The second kappa shape index (κ2) is 7.77. The number of sulfonamides is 1. The highest BCUT2D eigenvalue weighted by Crippen LogP contribution is 2.27. The minimum Gasteiger partial charge on any atom is -0.363 e. The molecule has 0 aliphatic carbocycles. The minimum atomic E-state index is -4.53. The van der Waals surface area contributed by atoms with Gasteiger partial charge in [-0.05, 0) is 12.3 Å². The number of amides is 1. The van der Waals surface area contributed by atoms with Crippen molar-refractivity contribution < 1.29 is 36.0 Å². The maximum absolute atomic E-state index is 12.1. The molecule has 0 radical (unpaired) electrons. The highest BCUT2D eigenvalue weighted by molar-refractivity contribution is 7.89. The quantitative estimate of drug-likeness (QED) is 0.673. The van der Waals surface area contributed by atoms with Crippen LogP contribution in [-0.2, 0) is 24.4 Å². The van der Waals surface area contributed by atoms with E-state index in [1.165, 1.54) is 14.2 Å². The van der Waals surface area contributed by atoms with E-state index in [4.69, 9.17) is 9.57 Å². The summed E-state index contributed by atoms with van der Waals surface area (Å²) in [5, 5.41) is 1.01. The van der Waals surface area contributed by atoms with Gasteiger partial charge in [-0.1, -0.05) is 6.92 Å². The second-order valence-corrected chi connectivity index (χ2v) is 7.37. The van der Waals surface area contributed by atoms with Gasteiger partial charge in [0, 0.05) is 13.6 Å². The number of alkyl halides is 3. The number of carbonyl (C=O) groups is 1. The van der Waals surface area contributed by atoms with Gasteiger partial charge in [-0.25, -0.2) is 18.2 Å². The van der Waals surface area contributed by atoms with Crippen molar-refractivity contribution in [1.82, 2.24) is 9.79 Å². The number of likely N-dealkylation sites (N-methyl/N-ethyl adjacent to an activating group) is 1. The first-order chi connectivity index (χ1) is 10.4. The predicted octanol–water partition coefficient (Wildman–Crippen LogP) is 0.672. The van der Waals surface area contributed by atoms with Crippen LogP contribution in [0.4, 0.5) is 13.2 Å². The lowest BCUT2D eigenvalue weighted by molar-refractivity contribution is -0.181. The molecule has 0 unspecified atom stereocenters. The van der Waals surface area contributed by atoms with Crippen LogP contribution in [0.1, 0.15) is 19.8 Å². The molecule has 11 heteroatoms. The topological polar surface area (TPSA) is 84.9 Å². The van der Waals surface area contributed by atoms with Gasteiger partial charge >= 0.3 is 6.18 Å². The van der Waals surface area contributed by atoms with E-state index < -0.39 is 46.5 Å². The van der Waals surface area contributed by atoms with Crippen molar-refractivity contribution in [1.29, 1.82) is 0 Å². The van der Waals surface area contributed by atoms with Crippen LogP contribution in [0, 0.1) is 5.92 Å². The number of hydrogen-bond acceptors (Lipinski definition) is 5. The van der Waals surface area contributed by atoms with Crippen molar-refractivity contribution in [2.24, 2.45) is 5.92 Å². The Hall–Kier alpha value is -0.910. The van der Waals surface area contributed by atoms with Gasteiger partial charge in [-0.3, -0.25) is 9.63 Å². The normalized spacial score (nSPS) is 25.6. The third kappa shape index (κ3) is 6.61. The minimum absolute atomic E-state index is 0.162. The standard InChI is InChI=1S/C12H21F3N2O5S/c1-8-6-9(22-10(8)11(18)17(2)21-3)7-16-23(19,20)5-4-12(13,14)15/h8-10,16H,4-7H2,1-3H3/t8-,9-,10+/m0/s1. The van der Waals surface area contributed by atoms with E-state index in [0.717, 1.165) is 5.06 Å². The highest BCUT2D eigenvalue weighted by atomic mass is 32.2. The van der Waals surface area contributed by atoms with Crippen LogP contribution in [-0.4, -0.2) is 64.2 Å². The van der Waals surface area contributed by atoms with Crippen LogP contribution in [0.15, 0.2) is 0 Å². The average Bonchev–Trinajstić information content (AvgIpc) is 2.82. The lowest BCUT2D eigenvalue weighted by atomic mass is 10.0. The summed E-state index contributed by atoms with van der Waals surface area (Å²) in [7, 11) is -1.30. The molecule has 1 heterocycles. The van der Waals surface area contributed by atoms with Crippen LogP contribution >= 0.6 is 0 Å². The molecular formula is C12H21F3N2O5S. The fraction of sp³-hybridized carbons (Fsp3) is 0.917. The number of nitrogens with one attached hydrogen (secondary N) is 1. The molecular weight excluding hydrogens is 341 g/mol.